The third kappa shape index (κ3) is 5.07. The van der Waals surface area contributed by atoms with Crippen LogP contribution < -0.4 is 9.47 Å². The molecule has 0 radical (unpaired) electrons. The highest BCUT2D eigenvalue weighted by molar-refractivity contribution is 6.03. The zero-order chi connectivity index (χ0) is 21.6. The number of amides is 1. The van der Waals surface area contributed by atoms with E-state index in [0.717, 1.165) is 54.3 Å². The standard InChI is InChI=1S/C25H31N3O3/c1-3-31-22-13-9-20(10-14-22)24-17-23(19-7-11-21(30-2)12-8-19)26-28(24)25(29)18-27-15-5-4-6-16-27/h7-14,24H,3-6,15-18H2,1-2H3/t24-/m0/s1. The molecule has 1 atom stereocenters. The first-order chi connectivity index (χ1) is 15.2. The van der Waals surface area contributed by atoms with Crippen molar-refractivity contribution in [2.75, 3.05) is 33.4 Å². The van der Waals surface area contributed by atoms with Gasteiger partial charge in [-0.05, 0) is 80.4 Å². The fourth-order valence-corrected chi connectivity index (χ4v) is 4.29. The van der Waals surface area contributed by atoms with Crippen molar-refractivity contribution in [1.29, 1.82) is 0 Å². The first-order valence-electron chi connectivity index (χ1n) is 11.2. The summed E-state index contributed by atoms with van der Waals surface area (Å²) >= 11 is 0. The summed E-state index contributed by atoms with van der Waals surface area (Å²) in [4.78, 5) is 15.5. The van der Waals surface area contributed by atoms with Crippen molar-refractivity contribution in [2.24, 2.45) is 5.10 Å². The smallest absolute Gasteiger partial charge is 0.257 e. The third-order valence-electron chi connectivity index (χ3n) is 5.97. The Morgan fingerprint density at radius 1 is 1.00 bits per heavy atom. The molecule has 0 aromatic heterocycles. The molecule has 2 aromatic carbocycles. The van der Waals surface area contributed by atoms with Crippen LogP contribution in [0.15, 0.2) is 53.6 Å². The van der Waals surface area contributed by atoms with E-state index in [1.165, 1.54) is 6.42 Å². The van der Waals surface area contributed by atoms with Crippen molar-refractivity contribution in [1.82, 2.24) is 9.91 Å². The van der Waals surface area contributed by atoms with Gasteiger partial charge in [0.25, 0.3) is 5.91 Å². The Morgan fingerprint density at radius 3 is 2.32 bits per heavy atom. The van der Waals surface area contributed by atoms with E-state index in [2.05, 4.69) is 4.90 Å². The summed E-state index contributed by atoms with van der Waals surface area (Å²) in [6.07, 6.45) is 4.26. The zero-order valence-corrected chi connectivity index (χ0v) is 18.4. The van der Waals surface area contributed by atoms with Crippen molar-refractivity contribution in [2.45, 2.75) is 38.6 Å². The minimum atomic E-state index is -0.106. The quantitative estimate of drug-likeness (QED) is 0.670. The summed E-state index contributed by atoms with van der Waals surface area (Å²) in [7, 11) is 1.66. The number of carbonyl (C=O) groups excluding carboxylic acids is 1. The predicted octanol–water partition coefficient (Wildman–Crippen LogP) is 4.26. The highest BCUT2D eigenvalue weighted by atomic mass is 16.5. The second kappa shape index (κ2) is 9.96. The Hall–Kier alpha value is -2.86. The highest BCUT2D eigenvalue weighted by Crippen LogP contribution is 2.34. The summed E-state index contributed by atoms with van der Waals surface area (Å²) in [6.45, 7) is 5.01. The van der Waals surface area contributed by atoms with Crippen LogP contribution in [0.25, 0.3) is 0 Å². The minimum absolute atomic E-state index is 0.0595. The van der Waals surface area contributed by atoms with Gasteiger partial charge in [-0.2, -0.15) is 5.10 Å². The molecule has 2 aliphatic heterocycles. The van der Waals surface area contributed by atoms with Crippen molar-refractivity contribution < 1.29 is 14.3 Å². The molecular formula is C25H31N3O3. The van der Waals surface area contributed by atoms with Gasteiger partial charge in [-0.25, -0.2) is 5.01 Å². The van der Waals surface area contributed by atoms with Crippen LogP contribution in [0.4, 0.5) is 0 Å². The maximum absolute atomic E-state index is 13.3. The van der Waals surface area contributed by atoms with Crippen molar-refractivity contribution in [3.63, 3.8) is 0 Å². The maximum Gasteiger partial charge on any atom is 0.257 e. The number of nitrogens with zero attached hydrogens (tertiary/aromatic N) is 3. The van der Waals surface area contributed by atoms with Gasteiger partial charge in [-0.15, -0.1) is 0 Å². The average molecular weight is 422 g/mol. The van der Waals surface area contributed by atoms with Crippen LogP contribution in [0.3, 0.4) is 0 Å². The second-order valence-electron chi connectivity index (χ2n) is 8.07. The van der Waals surface area contributed by atoms with E-state index in [0.29, 0.717) is 19.6 Å². The molecule has 1 saturated heterocycles. The molecular weight excluding hydrogens is 390 g/mol. The molecule has 0 unspecified atom stereocenters. The summed E-state index contributed by atoms with van der Waals surface area (Å²) in [6, 6.07) is 15.8. The highest BCUT2D eigenvalue weighted by Gasteiger charge is 2.33. The van der Waals surface area contributed by atoms with Gasteiger partial charge >= 0.3 is 0 Å². The van der Waals surface area contributed by atoms with E-state index in [1.807, 2.05) is 55.5 Å². The number of likely N-dealkylation sites (tertiary alicyclic amines) is 1. The predicted molar refractivity (Wildman–Crippen MR) is 122 cm³/mol. The summed E-state index contributed by atoms with van der Waals surface area (Å²) in [5.41, 5.74) is 3.02. The lowest BCUT2D eigenvalue weighted by Gasteiger charge is -2.29. The number of hydrazone groups is 1. The number of methoxy groups -OCH3 is 1. The van der Waals surface area contributed by atoms with E-state index in [1.54, 1.807) is 12.1 Å². The van der Waals surface area contributed by atoms with Gasteiger partial charge in [0.2, 0.25) is 0 Å². The van der Waals surface area contributed by atoms with E-state index in [-0.39, 0.29) is 11.9 Å². The molecule has 1 fully saturated rings. The zero-order valence-electron chi connectivity index (χ0n) is 18.4. The lowest BCUT2D eigenvalue weighted by Crippen LogP contribution is -2.40. The lowest BCUT2D eigenvalue weighted by molar-refractivity contribution is -0.134. The lowest BCUT2D eigenvalue weighted by atomic mass is 9.98. The molecule has 31 heavy (non-hydrogen) atoms. The molecule has 1 amide bonds. The normalized spacial score (nSPS) is 19.2. The summed E-state index contributed by atoms with van der Waals surface area (Å²) in [5, 5.41) is 6.50. The first kappa shape index (κ1) is 21.4. The summed E-state index contributed by atoms with van der Waals surface area (Å²) < 4.78 is 10.9. The molecule has 0 bridgehead atoms. The topological polar surface area (TPSA) is 54.4 Å². The molecule has 164 valence electrons. The largest absolute Gasteiger partial charge is 0.497 e. The minimum Gasteiger partial charge on any atom is -0.497 e. The van der Waals surface area contributed by atoms with Gasteiger partial charge in [0.1, 0.15) is 11.5 Å². The molecule has 0 spiro atoms. The number of hydrogen-bond donors (Lipinski definition) is 0. The molecule has 6 heteroatoms. The Bertz CT molecular complexity index is 903. The number of hydrogen-bond acceptors (Lipinski definition) is 5. The Kier molecular flexibility index (Phi) is 6.87. The maximum atomic E-state index is 13.3. The van der Waals surface area contributed by atoms with Crippen LogP contribution in [0.2, 0.25) is 0 Å². The van der Waals surface area contributed by atoms with Crippen molar-refractivity contribution >= 4 is 11.6 Å². The van der Waals surface area contributed by atoms with Crippen LogP contribution in [-0.4, -0.2) is 54.9 Å². The van der Waals surface area contributed by atoms with Gasteiger partial charge in [0, 0.05) is 6.42 Å². The Labute approximate surface area is 184 Å². The van der Waals surface area contributed by atoms with Crippen LogP contribution in [0, 0.1) is 0 Å². The SMILES string of the molecule is CCOc1ccc([C@@H]2CC(c3ccc(OC)cc3)=NN2C(=O)CN2CCCCC2)cc1. The van der Waals surface area contributed by atoms with Gasteiger partial charge < -0.3 is 9.47 Å². The van der Waals surface area contributed by atoms with E-state index in [9.17, 15) is 4.79 Å². The van der Waals surface area contributed by atoms with E-state index in [4.69, 9.17) is 14.6 Å². The first-order valence-corrected chi connectivity index (χ1v) is 11.2. The molecule has 0 saturated carbocycles. The van der Waals surface area contributed by atoms with Crippen molar-refractivity contribution in [3.05, 3.63) is 59.7 Å². The van der Waals surface area contributed by atoms with Crippen LogP contribution in [0.5, 0.6) is 11.5 Å². The molecule has 0 aliphatic carbocycles. The average Bonchev–Trinajstić information content (AvgIpc) is 3.26. The summed E-state index contributed by atoms with van der Waals surface area (Å²) in [5.74, 6) is 1.71. The second-order valence-corrected chi connectivity index (χ2v) is 8.07. The molecule has 0 N–H and O–H groups in total. The van der Waals surface area contributed by atoms with Crippen LogP contribution in [0.1, 0.15) is 49.8 Å². The van der Waals surface area contributed by atoms with Crippen LogP contribution in [-0.2, 0) is 4.79 Å². The monoisotopic (exact) mass is 421 g/mol. The number of piperidine rings is 1. The van der Waals surface area contributed by atoms with Crippen molar-refractivity contribution in [3.8, 4) is 11.5 Å². The molecule has 2 aromatic rings. The van der Waals surface area contributed by atoms with Crippen LogP contribution >= 0.6 is 0 Å². The van der Waals surface area contributed by atoms with Gasteiger partial charge in [0.15, 0.2) is 0 Å². The number of ether oxygens (including phenoxy) is 2. The Balaban J connectivity index is 1.57. The number of carbonyl (C=O) groups is 1. The van der Waals surface area contributed by atoms with Gasteiger partial charge in [0.05, 0.1) is 32.0 Å². The van der Waals surface area contributed by atoms with E-state index >= 15 is 0 Å². The van der Waals surface area contributed by atoms with Gasteiger partial charge in [-0.3, -0.25) is 9.69 Å². The molecule has 6 nitrogen and oxygen atoms in total. The fraction of sp³-hybridized carbons (Fsp3) is 0.440. The third-order valence-corrected chi connectivity index (χ3v) is 5.97. The number of rotatable bonds is 7. The molecule has 2 heterocycles. The van der Waals surface area contributed by atoms with Gasteiger partial charge in [-0.1, -0.05) is 18.6 Å². The van der Waals surface area contributed by atoms with E-state index < -0.39 is 0 Å². The molecule has 4 rings (SSSR count). The molecule has 2 aliphatic rings. The number of benzene rings is 2. The Morgan fingerprint density at radius 2 is 1.68 bits per heavy atom. The fourth-order valence-electron chi connectivity index (χ4n) is 4.29.